The van der Waals surface area contributed by atoms with Crippen molar-refractivity contribution in [3.8, 4) is 22.9 Å². The standard InChI is InChI=1S/C15H21NO5.C11H9NO3.C10H7NO3.C9H7ClO3.C9H8O4.C6H15NO2.C2Cl2O2.CH4O3S.Cl2OS.Na.H2O5P2.H2O/c1-4-20-13(21-5-2)10-16-14(17)11-6-8-12(9-7-11)15(18)19-3;1-14-11(13)9-4-2-8(3-5-9)10-12-6-7-15-10;12-10(13)8-3-1-7(2-4-8)9-11-5-6-14-9;2*1-13-9(12)7-4-2-6(3-5-7)8(10)11;1-3-8-6(5-7)9-4-2;3-1(5)2(4)6;1-5(2,3)4;1-4(2)3;;1-6(2)7(3,4)5;/h6-9,13H,4-5,10H2,1-3H3,(H,16,17);2-7H,1H3;1-6H,(H,12,13);2-5H,1H3;2-5H,1H3,(H,10,11);6H,3-5,7H2,1-2H3;;1H3,(H,2,3,4);;;(H2,3,4,5);1H2/q;;;;;;;;;+1;;/p-1. The van der Waals surface area contributed by atoms with E-state index >= 15 is 0 Å². The molecule has 5 aromatic carbocycles. The van der Waals surface area contributed by atoms with Gasteiger partial charge in [-0.15, -0.1) is 0 Å². The van der Waals surface area contributed by atoms with E-state index in [1.807, 2.05) is 27.7 Å². The number of esters is 4. The van der Waals surface area contributed by atoms with E-state index in [1.165, 1.54) is 102 Å². The Hall–Kier alpha value is -7.70. The monoisotopic (exact) mass is 1720 g/mol. The maximum atomic E-state index is 12.0. The predicted molar refractivity (Wildman–Crippen MR) is 389 cm³/mol. The molecule has 0 saturated carbocycles. The Bertz CT molecular complexity index is 3920. The first-order valence-electron chi connectivity index (χ1n) is 29.2. The number of carbonyl (C=O) groups is 10. The van der Waals surface area contributed by atoms with Crippen molar-refractivity contribution in [3.05, 3.63) is 191 Å². The number of carbonyl (C=O) groups excluding carboxylic acids is 8. The fourth-order valence-corrected chi connectivity index (χ4v) is 6.45. The van der Waals surface area contributed by atoms with Crippen LogP contribution in [0.3, 0.4) is 0 Å². The minimum atomic E-state index is -4.78. The maximum Gasteiger partial charge on any atom is 1.00 e. The third-order valence-electron chi connectivity index (χ3n) is 10.8. The molecule has 0 aliphatic carbocycles. The van der Waals surface area contributed by atoms with Crippen molar-refractivity contribution in [2.24, 2.45) is 5.73 Å². The number of benzene rings is 5. The Morgan fingerprint density at radius 3 is 1.00 bits per heavy atom. The first kappa shape index (κ1) is 110. The zero-order chi connectivity index (χ0) is 82.4. The van der Waals surface area contributed by atoms with Gasteiger partial charge in [-0.25, -0.2) is 47.5 Å². The molecule has 7 aromatic rings. The smallest absolute Gasteiger partial charge is 0.870 e. The van der Waals surface area contributed by atoms with Crippen LogP contribution in [0.15, 0.2) is 155 Å². The number of amides is 1. The molecule has 109 heavy (non-hydrogen) atoms. The zero-order valence-electron chi connectivity index (χ0n) is 59.1. The van der Waals surface area contributed by atoms with Gasteiger partial charge in [0.25, 0.3) is 21.3 Å². The molecule has 0 fully saturated rings. The summed E-state index contributed by atoms with van der Waals surface area (Å²) in [5, 5.41) is 17.1. The molecule has 0 radical (unpaired) electrons. The third kappa shape index (κ3) is 54.5. The second-order valence-electron chi connectivity index (χ2n) is 18.3. The Morgan fingerprint density at radius 2 is 0.789 bits per heavy atom. The SMILES string of the molecule is CCOC(CN)OCC.CCOC(CNC(=O)c1ccc(C(=O)OC)cc1)OCC.COC(=O)c1ccc(-c2ncco2)cc1.COC(=O)c1ccc(C(=O)Cl)cc1.COC(=O)c1ccc(C(=O)O)cc1.CS(=O)(=O)O.O=C(Cl)C(=O)Cl.O=C(O)c1ccc(-c2ncco2)cc1.O=S(Cl)Cl.O=[P+]([O-])P(=O)(O)O.[Na+].[OH-]. The molecular weight excluding hydrogens is 1650 g/mol. The van der Waals surface area contributed by atoms with E-state index in [0.717, 1.165) is 11.1 Å². The van der Waals surface area contributed by atoms with E-state index in [4.69, 9.17) is 73.9 Å². The number of hydrogen-bond donors (Lipinski definition) is 7. The van der Waals surface area contributed by atoms with Gasteiger partial charge in [-0.05, 0) is 184 Å². The van der Waals surface area contributed by atoms with Crippen molar-refractivity contribution < 1.29 is 181 Å². The van der Waals surface area contributed by atoms with Gasteiger partial charge in [-0.1, -0.05) is 4.57 Å². The molecule has 596 valence electrons. The first-order chi connectivity index (χ1) is 50.2. The number of methoxy groups -OCH3 is 4. The molecule has 7 rings (SSSR count). The van der Waals surface area contributed by atoms with Crippen molar-refractivity contribution in [2.75, 3.05) is 74.2 Å². The Morgan fingerprint density at radius 1 is 0.550 bits per heavy atom. The summed E-state index contributed by atoms with van der Waals surface area (Å²) in [5.74, 6) is -2.89. The summed E-state index contributed by atoms with van der Waals surface area (Å²) < 4.78 is 103. The van der Waals surface area contributed by atoms with Crippen LogP contribution in [0.25, 0.3) is 22.9 Å². The van der Waals surface area contributed by atoms with Gasteiger partial charge in [0.1, 0.15) is 12.5 Å². The molecular formula is C63H74Cl5N4NaO32P2S2. The van der Waals surface area contributed by atoms with E-state index in [2.05, 4.69) is 78.8 Å². The van der Waals surface area contributed by atoms with Gasteiger partial charge in [-0.2, -0.15) is 8.42 Å². The molecule has 0 bridgehead atoms. The molecule has 1 unspecified atom stereocenters. The van der Waals surface area contributed by atoms with E-state index in [0.29, 0.717) is 84.4 Å². The third-order valence-corrected chi connectivity index (χ3v) is 13.2. The van der Waals surface area contributed by atoms with Crippen LogP contribution in [-0.4, -0.2) is 197 Å². The molecule has 0 aliphatic rings. The zero-order valence-corrected chi connectivity index (χ0v) is 68.3. The topological polar surface area (TPSA) is 574 Å². The van der Waals surface area contributed by atoms with Crippen LogP contribution >= 0.6 is 71.2 Å². The van der Waals surface area contributed by atoms with Crippen LogP contribution in [0.2, 0.25) is 0 Å². The molecule has 1 amide bonds. The number of aromatic nitrogens is 2. The molecule has 1 atom stereocenters. The maximum absolute atomic E-state index is 12.0. The van der Waals surface area contributed by atoms with Crippen molar-refractivity contribution >= 4 is 148 Å². The van der Waals surface area contributed by atoms with Crippen LogP contribution in [0.4, 0.5) is 0 Å². The van der Waals surface area contributed by atoms with Gasteiger partial charge in [0.2, 0.25) is 21.0 Å². The number of ether oxygens (including phenoxy) is 8. The van der Waals surface area contributed by atoms with Crippen LogP contribution < -0.4 is 45.5 Å². The molecule has 9 N–H and O–H groups in total. The molecule has 46 heteroatoms. The predicted octanol–water partition coefficient (Wildman–Crippen LogP) is 6.21. The van der Waals surface area contributed by atoms with Crippen LogP contribution in [0.1, 0.15) is 111 Å². The van der Waals surface area contributed by atoms with Crippen LogP contribution in [0, 0.1) is 0 Å². The summed E-state index contributed by atoms with van der Waals surface area (Å²) in [6, 6.07) is 30.9. The number of nitrogens with zero attached hydrogens (tertiary/aromatic N) is 2. The minimum Gasteiger partial charge on any atom is -0.870 e. The summed E-state index contributed by atoms with van der Waals surface area (Å²) in [5.41, 5.74) is 9.73. The number of hydrogen-bond acceptors (Lipinski definition) is 30. The van der Waals surface area contributed by atoms with Crippen molar-refractivity contribution in [1.29, 1.82) is 0 Å². The van der Waals surface area contributed by atoms with Gasteiger partial charge >= 0.3 is 90.9 Å². The summed E-state index contributed by atoms with van der Waals surface area (Å²) in [7, 11) is 0.560. The largest absolute Gasteiger partial charge is 1.00 e. The molecule has 36 nitrogen and oxygen atoms in total. The molecule has 0 aliphatic heterocycles. The summed E-state index contributed by atoms with van der Waals surface area (Å²) in [6.07, 6.45) is 6.14. The number of nitrogens with one attached hydrogen (secondary N) is 1. The summed E-state index contributed by atoms with van der Waals surface area (Å²) in [6.45, 7) is 10.6. The Kier molecular flexibility index (Phi) is 63.5. The second kappa shape index (κ2) is 63.0. The quantitative estimate of drug-likeness (QED) is 0.00547. The number of carboxylic acids is 2. The summed E-state index contributed by atoms with van der Waals surface area (Å²) in [4.78, 5) is 139. The van der Waals surface area contributed by atoms with Gasteiger partial charge in [-0.3, -0.25) is 33.5 Å². The first-order valence-corrected chi connectivity index (χ1v) is 38.5. The summed E-state index contributed by atoms with van der Waals surface area (Å²) >= 11 is 14.2. The number of carboxylic acid groups (broad SMARTS) is 2. The van der Waals surface area contributed by atoms with Gasteiger partial charge in [0.15, 0.2) is 12.6 Å². The van der Waals surface area contributed by atoms with Crippen molar-refractivity contribution in [2.45, 2.75) is 40.3 Å². The fraction of sp³-hybridized carbons (Fsp3) is 0.270. The number of nitrogens with two attached hydrogens (primary N) is 1. The number of halogens is 5. The van der Waals surface area contributed by atoms with E-state index < -0.39 is 86.2 Å². The van der Waals surface area contributed by atoms with E-state index in [1.54, 1.807) is 73.1 Å². The molecule has 2 aromatic heterocycles. The van der Waals surface area contributed by atoms with Gasteiger partial charge in [0, 0.05) is 76.6 Å². The molecule has 0 saturated heterocycles. The van der Waals surface area contributed by atoms with Gasteiger partial charge in [0.05, 0.1) is 87.0 Å². The number of rotatable bonds is 23. The van der Waals surface area contributed by atoms with Crippen molar-refractivity contribution in [1.82, 2.24) is 15.3 Å². The minimum absolute atomic E-state index is 0. The van der Waals surface area contributed by atoms with Crippen LogP contribution in [0.5, 0.6) is 0 Å². The molecule has 2 heterocycles. The Labute approximate surface area is 673 Å². The second-order valence-corrected chi connectivity index (χ2v) is 27.3. The number of oxazole rings is 2. The average molecular weight is 1730 g/mol. The normalized spacial score (nSPS) is 9.94. The van der Waals surface area contributed by atoms with E-state index in [-0.39, 0.29) is 70.9 Å². The van der Waals surface area contributed by atoms with Gasteiger partial charge < -0.3 is 78.4 Å². The van der Waals surface area contributed by atoms with Crippen LogP contribution in [-0.2, 0) is 76.0 Å². The average Bonchev–Trinajstić information content (AvgIpc) is 1.82. The van der Waals surface area contributed by atoms with E-state index in [9.17, 15) is 70.4 Å². The Balaban J connectivity index is -0.000000379. The fourth-order valence-electron chi connectivity index (χ4n) is 6.32. The van der Waals surface area contributed by atoms with Crippen molar-refractivity contribution in [3.63, 3.8) is 0 Å². The number of aromatic carboxylic acids is 2. The molecule has 0 spiro atoms.